The number of nitro benzene ring substituents is 1. The third-order valence-electron chi connectivity index (χ3n) is 4.97. The van der Waals surface area contributed by atoms with Gasteiger partial charge in [-0.25, -0.2) is 0 Å². The summed E-state index contributed by atoms with van der Waals surface area (Å²) in [5.74, 6) is 1.01. The molecule has 0 bridgehead atoms. The lowest BCUT2D eigenvalue weighted by Gasteiger charge is -2.31. The van der Waals surface area contributed by atoms with Gasteiger partial charge in [0.2, 0.25) is 5.91 Å². The van der Waals surface area contributed by atoms with Crippen LogP contribution in [0.5, 0.6) is 0 Å². The highest BCUT2D eigenvalue weighted by molar-refractivity contribution is 5.94. The third kappa shape index (κ3) is 4.08. The molecule has 0 saturated carbocycles. The van der Waals surface area contributed by atoms with Crippen LogP contribution in [0.4, 0.5) is 17.2 Å². The van der Waals surface area contributed by atoms with E-state index >= 15 is 0 Å². The molecule has 1 fully saturated rings. The van der Waals surface area contributed by atoms with Crippen LogP contribution in [0.15, 0.2) is 59.2 Å². The van der Waals surface area contributed by atoms with Crippen molar-refractivity contribution in [3.05, 3.63) is 64.9 Å². The minimum Gasteiger partial charge on any atom is -0.463 e. The van der Waals surface area contributed by atoms with E-state index in [0.29, 0.717) is 37.4 Å². The van der Waals surface area contributed by atoms with Gasteiger partial charge in [0.05, 0.1) is 11.2 Å². The van der Waals surface area contributed by atoms with Gasteiger partial charge in [-0.2, -0.15) is 0 Å². The van der Waals surface area contributed by atoms with E-state index in [0.717, 1.165) is 5.82 Å². The molecule has 1 aliphatic heterocycles. The summed E-state index contributed by atoms with van der Waals surface area (Å²) in [5, 5.41) is 22.3. The highest BCUT2D eigenvalue weighted by atomic mass is 16.6. The van der Waals surface area contributed by atoms with Gasteiger partial charge in [0.25, 0.3) is 5.69 Å². The van der Waals surface area contributed by atoms with Crippen LogP contribution in [0.2, 0.25) is 0 Å². The zero-order valence-electron chi connectivity index (χ0n) is 15.5. The summed E-state index contributed by atoms with van der Waals surface area (Å²) in [5.41, 5.74) is 0.784. The van der Waals surface area contributed by atoms with Gasteiger partial charge >= 0.3 is 0 Å². The number of anilines is 2. The maximum atomic E-state index is 12.6. The number of nitrogens with zero attached hydrogens (tertiary/aromatic N) is 4. The second kappa shape index (κ2) is 8.09. The van der Waals surface area contributed by atoms with Gasteiger partial charge in [0.1, 0.15) is 11.4 Å². The van der Waals surface area contributed by atoms with Gasteiger partial charge in [0, 0.05) is 25.1 Å². The van der Waals surface area contributed by atoms with Crippen molar-refractivity contribution in [2.75, 3.05) is 23.3 Å². The maximum absolute atomic E-state index is 12.6. The molecule has 0 radical (unpaired) electrons. The molecular formula is C20H19N5O4. The minimum atomic E-state index is -0.497. The number of nitro groups is 1. The molecule has 1 aliphatic rings. The number of aromatic nitrogens is 2. The van der Waals surface area contributed by atoms with E-state index in [1.807, 2.05) is 18.2 Å². The molecule has 3 heterocycles. The van der Waals surface area contributed by atoms with E-state index < -0.39 is 4.92 Å². The predicted octanol–water partition coefficient (Wildman–Crippen LogP) is 3.50. The van der Waals surface area contributed by atoms with E-state index in [1.54, 1.807) is 30.5 Å². The average molecular weight is 393 g/mol. The van der Waals surface area contributed by atoms with Crippen LogP contribution in [0.3, 0.4) is 0 Å². The summed E-state index contributed by atoms with van der Waals surface area (Å²) in [7, 11) is 0. The van der Waals surface area contributed by atoms with Crippen LogP contribution in [0.25, 0.3) is 11.5 Å². The van der Waals surface area contributed by atoms with Crippen molar-refractivity contribution in [1.29, 1.82) is 0 Å². The first-order valence-corrected chi connectivity index (χ1v) is 9.28. The van der Waals surface area contributed by atoms with E-state index in [1.165, 1.54) is 6.07 Å². The summed E-state index contributed by atoms with van der Waals surface area (Å²) >= 11 is 0. The smallest absolute Gasteiger partial charge is 0.292 e. The summed E-state index contributed by atoms with van der Waals surface area (Å²) < 4.78 is 5.31. The lowest BCUT2D eigenvalue weighted by atomic mass is 9.95. The first kappa shape index (κ1) is 18.6. The Morgan fingerprint density at radius 1 is 1.10 bits per heavy atom. The average Bonchev–Trinajstić information content (AvgIpc) is 3.29. The molecule has 0 unspecified atom stereocenters. The van der Waals surface area contributed by atoms with Gasteiger partial charge in [-0.1, -0.05) is 12.1 Å². The fraction of sp³-hybridized carbons (Fsp3) is 0.250. The fourth-order valence-corrected chi connectivity index (χ4v) is 3.39. The molecule has 1 amide bonds. The number of amides is 1. The van der Waals surface area contributed by atoms with Crippen molar-refractivity contribution < 1.29 is 14.1 Å². The van der Waals surface area contributed by atoms with Crippen molar-refractivity contribution >= 4 is 23.1 Å². The molecule has 0 atom stereocenters. The Morgan fingerprint density at radius 3 is 2.55 bits per heavy atom. The lowest BCUT2D eigenvalue weighted by molar-refractivity contribution is -0.383. The van der Waals surface area contributed by atoms with Gasteiger partial charge in [-0.3, -0.25) is 14.9 Å². The Bertz CT molecular complexity index is 996. The molecule has 0 aliphatic carbocycles. The quantitative estimate of drug-likeness (QED) is 0.521. The first-order valence-electron chi connectivity index (χ1n) is 9.28. The van der Waals surface area contributed by atoms with Crippen molar-refractivity contribution in [3.63, 3.8) is 0 Å². The van der Waals surface area contributed by atoms with Gasteiger partial charge in [-0.05, 0) is 43.2 Å². The monoisotopic (exact) mass is 393 g/mol. The standard InChI is InChI=1S/C20H19N5O4/c26-20(21-15-4-1-2-5-17(15)25(27)28)14-9-11-24(12-10-14)19-8-7-16(22-23-19)18-6-3-13-29-18/h1-8,13-14H,9-12H2,(H,21,26). The van der Waals surface area contributed by atoms with Gasteiger partial charge in [-0.15, -0.1) is 10.2 Å². The van der Waals surface area contributed by atoms with Crippen LogP contribution in [-0.2, 0) is 4.79 Å². The summed E-state index contributed by atoms with van der Waals surface area (Å²) in [6.07, 6.45) is 2.85. The second-order valence-corrected chi connectivity index (χ2v) is 6.78. The molecule has 9 nitrogen and oxygen atoms in total. The zero-order valence-corrected chi connectivity index (χ0v) is 15.5. The number of furan rings is 1. The third-order valence-corrected chi connectivity index (χ3v) is 4.97. The molecule has 9 heteroatoms. The maximum Gasteiger partial charge on any atom is 0.292 e. The van der Waals surface area contributed by atoms with Crippen LogP contribution in [-0.4, -0.2) is 34.1 Å². The van der Waals surface area contributed by atoms with Crippen LogP contribution < -0.4 is 10.2 Å². The number of rotatable bonds is 5. The number of carbonyl (C=O) groups is 1. The fourth-order valence-electron chi connectivity index (χ4n) is 3.39. The normalized spacial score (nSPS) is 14.6. The van der Waals surface area contributed by atoms with Gasteiger partial charge in [0.15, 0.2) is 11.6 Å². The SMILES string of the molecule is O=C(Nc1ccccc1[N+](=O)[O-])C1CCN(c2ccc(-c3ccco3)nn2)CC1. The highest BCUT2D eigenvalue weighted by Gasteiger charge is 2.27. The number of carbonyl (C=O) groups excluding carboxylic acids is 1. The number of hydrogen-bond acceptors (Lipinski definition) is 7. The summed E-state index contributed by atoms with van der Waals surface area (Å²) in [6.45, 7) is 1.31. The van der Waals surface area contributed by atoms with E-state index in [4.69, 9.17) is 4.42 Å². The topological polar surface area (TPSA) is 114 Å². The van der Waals surface area contributed by atoms with Crippen molar-refractivity contribution in [3.8, 4) is 11.5 Å². The van der Waals surface area contributed by atoms with Crippen LogP contribution in [0.1, 0.15) is 12.8 Å². The highest BCUT2D eigenvalue weighted by Crippen LogP contribution is 2.27. The van der Waals surface area contributed by atoms with Crippen LogP contribution in [0, 0.1) is 16.0 Å². The Morgan fingerprint density at radius 2 is 1.90 bits per heavy atom. The molecule has 29 heavy (non-hydrogen) atoms. The molecule has 1 aromatic carbocycles. The Kier molecular flexibility index (Phi) is 5.19. The van der Waals surface area contributed by atoms with E-state index in [-0.39, 0.29) is 23.2 Å². The molecule has 3 aromatic rings. The van der Waals surface area contributed by atoms with E-state index in [9.17, 15) is 14.9 Å². The number of hydrogen-bond donors (Lipinski definition) is 1. The molecule has 1 saturated heterocycles. The Hall–Kier alpha value is -3.75. The summed E-state index contributed by atoms with van der Waals surface area (Å²) in [4.78, 5) is 25.3. The number of piperidine rings is 1. The molecular weight excluding hydrogens is 374 g/mol. The predicted molar refractivity (Wildman–Crippen MR) is 106 cm³/mol. The molecule has 2 aromatic heterocycles. The molecule has 148 valence electrons. The number of nitrogens with one attached hydrogen (secondary N) is 1. The van der Waals surface area contributed by atoms with Crippen LogP contribution >= 0.6 is 0 Å². The van der Waals surface area contributed by atoms with Gasteiger partial charge < -0.3 is 14.6 Å². The van der Waals surface area contributed by atoms with Crippen molar-refractivity contribution in [2.24, 2.45) is 5.92 Å². The number of para-hydroxylation sites is 2. The minimum absolute atomic E-state index is 0.106. The molecule has 4 rings (SSSR count). The molecule has 0 spiro atoms. The van der Waals surface area contributed by atoms with Crippen molar-refractivity contribution in [1.82, 2.24) is 10.2 Å². The summed E-state index contributed by atoms with van der Waals surface area (Å²) in [6, 6.07) is 13.5. The van der Waals surface area contributed by atoms with E-state index in [2.05, 4.69) is 20.4 Å². The Balaban J connectivity index is 1.36. The Labute approximate surface area is 166 Å². The number of benzene rings is 1. The lowest BCUT2D eigenvalue weighted by Crippen LogP contribution is -2.38. The largest absolute Gasteiger partial charge is 0.463 e. The zero-order chi connectivity index (χ0) is 20.2. The second-order valence-electron chi connectivity index (χ2n) is 6.78. The molecule has 1 N–H and O–H groups in total. The first-order chi connectivity index (χ1) is 14.1. The van der Waals surface area contributed by atoms with Crippen molar-refractivity contribution in [2.45, 2.75) is 12.8 Å².